The van der Waals surface area contributed by atoms with Gasteiger partial charge in [0, 0.05) is 35.6 Å². The second-order valence-corrected chi connectivity index (χ2v) is 6.95. The number of nitrogens with zero attached hydrogens (tertiary/aromatic N) is 2. The Morgan fingerprint density at radius 2 is 2.00 bits per heavy atom. The van der Waals surface area contributed by atoms with Crippen molar-refractivity contribution in [2.24, 2.45) is 5.92 Å². The molecule has 1 aromatic heterocycles. The number of aromatic nitrogens is 1. The van der Waals surface area contributed by atoms with E-state index in [4.69, 9.17) is 4.74 Å². The lowest BCUT2D eigenvalue weighted by Gasteiger charge is -2.32. The number of nitrogens with one attached hydrogen (secondary N) is 1. The molecule has 1 heterocycles. The molecule has 0 saturated heterocycles. The Labute approximate surface area is 129 Å². The predicted octanol–water partition coefficient (Wildman–Crippen LogP) is 2.85. The van der Waals surface area contributed by atoms with Crippen LogP contribution in [0.4, 0.5) is 0 Å². The molecule has 1 N–H and O–H groups in total. The third-order valence-corrected chi connectivity index (χ3v) is 3.74. The third-order valence-electron chi connectivity index (χ3n) is 3.74. The Kier molecular flexibility index (Phi) is 6.62. The van der Waals surface area contributed by atoms with Crippen molar-refractivity contribution in [3.63, 3.8) is 0 Å². The van der Waals surface area contributed by atoms with Crippen LogP contribution in [0.1, 0.15) is 39.0 Å². The molecule has 1 rings (SSSR count). The minimum absolute atomic E-state index is 0.000193. The summed E-state index contributed by atoms with van der Waals surface area (Å²) in [6, 6.07) is 2.03. The van der Waals surface area contributed by atoms with E-state index in [1.54, 1.807) is 0 Å². The smallest absolute Gasteiger partial charge is 0.127 e. The molecule has 0 aromatic carbocycles. The predicted molar refractivity (Wildman–Crippen MR) is 88.8 cm³/mol. The van der Waals surface area contributed by atoms with Gasteiger partial charge >= 0.3 is 0 Å². The van der Waals surface area contributed by atoms with Crippen molar-refractivity contribution in [3.8, 4) is 5.75 Å². The van der Waals surface area contributed by atoms with Crippen LogP contribution in [0.5, 0.6) is 5.75 Å². The van der Waals surface area contributed by atoms with Gasteiger partial charge in [0.15, 0.2) is 0 Å². The quantitative estimate of drug-likeness (QED) is 0.800. The molecule has 0 aliphatic heterocycles. The summed E-state index contributed by atoms with van der Waals surface area (Å²) in [5.41, 5.74) is 2.11. The highest BCUT2D eigenvalue weighted by molar-refractivity contribution is 5.33. The fourth-order valence-corrected chi connectivity index (χ4v) is 1.71. The molecule has 0 aliphatic carbocycles. The van der Waals surface area contributed by atoms with Crippen molar-refractivity contribution in [3.05, 3.63) is 23.5 Å². The molecule has 4 heteroatoms. The molecule has 0 atom stereocenters. The molecule has 0 saturated carbocycles. The van der Waals surface area contributed by atoms with Crippen molar-refractivity contribution in [1.82, 2.24) is 15.2 Å². The van der Waals surface area contributed by atoms with Crippen molar-refractivity contribution in [2.75, 3.05) is 27.2 Å². The van der Waals surface area contributed by atoms with E-state index in [1.165, 1.54) is 0 Å². The van der Waals surface area contributed by atoms with Crippen molar-refractivity contribution in [2.45, 2.75) is 46.7 Å². The summed E-state index contributed by atoms with van der Waals surface area (Å²) >= 11 is 0. The van der Waals surface area contributed by atoms with Crippen molar-refractivity contribution in [1.29, 1.82) is 0 Å². The van der Waals surface area contributed by atoms with E-state index in [2.05, 4.69) is 57.0 Å². The van der Waals surface area contributed by atoms with Gasteiger partial charge in [0.1, 0.15) is 12.4 Å². The Hall–Kier alpha value is -1.13. The molecule has 0 aliphatic rings. The maximum absolute atomic E-state index is 6.08. The zero-order valence-electron chi connectivity index (χ0n) is 14.7. The first-order valence-corrected chi connectivity index (χ1v) is 7.69. The van der Waals surface area contributed by atoms with Gasteiger partial charge in [-0.05, 0) is 47.3 Å². The number of likely N-dealkylation sites (N-methyl/N-ethyl adjacent to an activating group) is 1. The Bertz CT molecular complexity index is 442. The van der Waals surface area contributed by atoms with Gasteiger partial charge in [0.2, 0.25) is 0 Å². The normalized spacial score (nSPS) is 12.2. The zero-order chi connectivity index (χ0) is 16.0. The van der Waals surface area contributed by atoms with E-state index in [0.717, 1.165) is 30.1 Å². The summed E-state index contributed by atoms with van der Waals surface area (Å²) in [6.07, 6.45) is 1.92. The molecule has 0 bridgehead atoms. The van der Waals surface area contributed by atoms with Gasteiger partial charge in [-0.15, -0.1) is 0 Å². The third kappa shape index (κ3) is 6.02. The van der Waals surface area contributed by atoms with Crippen LogP contribution in [0.15, 0.2) is 12.3 Å². The molecule has 120 valence electrons. The van der Waals surface area contributed by atoms with Gasteiger partial charge in [-0.3, -0.25) is 4.98 Å². The van der Waals surface area contributed by atoms with E-state index in [0.29, 0.717) is 12.5 Å². The van der Waals surface area contributed by atoms with Crippen LogP contribution in [0.25, 0.3) is 0 Å². The maximum Gasteiger partial charge on any atom is 0.127 e. The molecular weight excluding hydrogens is 262 g/mol. The van der Waals surface area contributed by atoms with Crippen LogP contribution < -0.4 is 10.1 Å². The summed E-state index contributed by atoms with van der Waals surface area (Å²) < 4.78 is 6.08. The summed E-state index contributed by atoms with van der Waals surface area (Å²) in [5.74, 6) is 1.58. The summed E-state index contributed by atoms with van der Waals surface area (Å²) in [5, 5.41) is 3.45. The van der Waals surface area contributed by atoms with Crippen LogP contribution in [0, 0.1) is 12.8 Å². The number of rotatable bonds is 8. The van der Waals surface area contributed by atoms with E-state index < -0.39 is 0 Å². The lowest BCUT2D eigenvalue weighted by atomic mass is 10.1. The summed E-state index contributed by atoms with van der Waals surface area (Å²) in [7, 11) is 4.15. The minimum atomic E-state index is -0.000193. The van der Waals surface area contributed by atoms with Gasteiger partial charge in [-0.1, -0.05) is 13.8 Å². The maximum atomic E-state index is 6.08. The number of aryl methyl sites for hydroxylation is 1. The largest absolute Gasteiger partial charge is 0.491 e. The monoisotopic (exact) mass is 293 g/mol. The molecule has 0 unspecified atom stereocenters. The summed E-state index contributed by atoms with van der Waals surface area (Å²) in [4.78, 5) is 6.56. The van der Waals surface area contributed by atoms with Gasteiger partial charge < -0.3 is 15.0 Å². The van der Waals surface area contributed by atoms with Gasteiger partial charge in [-0.2, -0.15) is 0 Å². The van der Waals surface area contributed by atoms with E-state index in [-0.39, 0.29) is 5.54 Å². The zero-order valence-corrected chi connectivity index (χ0v) is 14.7. The average molecular weight is 293 g/mol. The van der Waals surface area contributed by atoms with Crippen LogP contribution in [-0.2, 0) is 6.54 Å². The molecule has 0 spiro atoms. The summed E-state index contributed by atoms with van der Waals surface area (Å²) in [6.45, 7) is 13.2. The van der Waals surface area contributed by atoms with Gasteiger partial charge in [0.25, 0.3) is 0 Å². The van der Waals surface area contributed by atoms with Crippen molar-refractivity contribution < 1.29 is 4.74 Å². The first-order valence-electron chi connectivity index (χ1n) is 7.69. The molecule has 0 radical (unpaired) electrons. The van der Waals surface area contributed by atoms with Crippen molar-refractivity contribution >= 4 is 0 Å². The lowest BCUT2D eigenvalue weighted by molar-refractivity contribution is 0.113. The fraction of sp³-hybridized carbons (Fsp3) is 0.706. The topological polar surface area (TPSA) is 37.4 Å². The highest BCUT2D eigenvalue weighted by Gasteiger charge is 2.22. The SMILES string of the molecule is Cc1cc(OCC(C)(C)N(C)C)c(CNCC(C)C)cn1. The number of hydrogen-bond acceptors (Lipinski definition) is 4. The standard InChI is InChI=1S/C17H31N3O/c1-13(2)9-18-10-15-11-19-14(3)8-16(15)21-12-17(4,5)20(6)7/h8,11,13,18H,9-10,12H2,1-7H3. The van der Waals surface area contributed by atoms with Crippen LogP contribution in [-0.4, -0.2) is 42.7 Å². The van der Waals surface area contributed by atoms with Crippen LogP contribution >= 0.6 is 0 Å². The molecule has 0 fully saturated rings. The van der Waals surface area contributed by atoms with E-state index in [9.17, 15) is 0 Å². The highest BCUT2D eigenvalue weighted by Crippen LogP contribution is 2.21. The lowest BCUT2D eigenvalue weighted by Crippen LogP contribution is -2.43. The second-order valence-electron chi connectivity index (χ2n) is 6.95. The number of hydrogen-bond donors (Lipinski definition) is 1. The molecule has 21 heavy (non-hydrogen) atoms. The number of ether oxygens (including phenoxy) is 1. The molecule has 4 nitrogen and oxygen atoms in total. The Balaban J connectivity index is 2.73. The molecule has 1 aromatic rings. The minimum Gasteiger partial charge on any atom is -0.491 e. The first-order chi connectivity index (χ1) is 9.72. The van der Waals surface area contributed by atoms with Crippen LogP contribution in [0.3, 0.4) is 0 Å². The van der Waals surface area contributed by atoms with Gasteiger partial charge in [-0.25, -0.2) is 0 Å². The Morgan fingerprint density at radius 3 is 2.57 bits per heavy atom. The first kappa shape index (κ1) is 17.9. The molecule has 0 amide bonds. The van der Waals surface area contributed by atoms with E-state index >= 15 is 0 Å². The van der Waals surface area contributed by atoms with E-state index in [1.807, 2.05) is 19.2 Å². The van der Waals surface area contributed by atoms with Gasteiger partial charge in [0.05, 0.1) is 0 Å². The average Bonchev–Trinajstić information content (AvgIpc) is 2.38. The fourth-order valence-electron chi connectivity index (χ4n) is 1.71. The highest BCUT2D eigenvalue weighted by atomic mass is 16.5. The number of pyridine rings is 1. The Morgan fingerprint density at radius 1 is 1.33 bits per heavy atom. The van der Waals surface area contributed by atoms with Crippen LogP contribution in [0.2, 0.25) is 0 Å². The molecular formula is C17H31N3O. The second kappa shape index (κ2) is 7.76.